The highest BCUT2D eigenvalue weighted by Gasteiger charge is 2.31. The van der Waals surface area contributed by atoms with Crippen molar-refractivity contribution in [2.75, 3.05) is 6.54 Å². The van der Waals surface area contributed by atoms with Gasteiger partial charge in [0.15, 0.2) is 9.84 Å². The van der Waals surface area contributed by atoms with E-state index >= 15 is 0 Å². The Kier molecular flexibility index (Phi) is 5.72. The van der Waals surface area contributed by atoms with Gasteiger partial charge in [0.05, 0.1) is 4.90 Å². The molecular weight excluding hydrogens is 380 g/mol. The Morgan fingerprint density at radius 1 is 1.11 bits per heavy atom. The van der Waals surface area contributed by atoms with Crippen LogP contribution in [0.2, 0.25) is 0 Å². The van der Waals surface area contributed by atoms with E-state index in [1.54, 1.807) is 42.5 Å². The molecule has 0 spiro atoms. The number of aryl methyl sites for hydroxylation is 2. The van der Waals surface area contributed by atoms with Crippen molar-refractivity contribution in [2.45, 2.75) is 24.0 Å². The largest absolute Gasteiger partial charge is 0.349 e. The Bertz CT molecular complexity index is 1030. The van der Waals surface area contributed by atoms with Gasteiger partial charge in [-0.2, -0.15) is 0 Å². The minimum atomic E-state index is -3.67. The lowest BCUT2D eigenvalue weighted by Gasteiger charge is -2.18. The van der Waals surface area contributed by atoms with E-state index in [2.05, 4.69) is 10.3 Å². The number of benzene rings is 1. The van der Waals surface area contributed by atoms with E-state index in [9.17, 15) is 13.2 Å². The van der Waals surface area contributed by atoms with Crippen LogP contribution in [0.4, 0.5) is 0 Å². The van der Waals surface area contributed by atoms with Crippen molar-refractivity contribution in [3.8, 4) is 0 Å². The molecule has 0 saturated heterocycles. The molecule has 0 bridgehead atoms. The average molecular weight is 401 g/mol. The molecule has 3 aromatic rings. The van der Waals surface area contributed by atoms with Gasteiger partial charge in [-0.05, 0) is 60.7 Å². The minimum Gasteiger partial charge on any atom is -0.349 e. The third kappa shape index (κ3) is 4.26. The van der Waals surface area contributed by atoms with Gasteiger partial charge in [-0.25, -0.2) is 8.42 Å². The molecule has 0 fully saturated rings. The molecule has 1 amide bonds. The second-order valence-corrected chi connectivity index (χ2v) is 9.33. The standard InChI is InChI=1S/C20H20N2O3S2/c1-14-8-9-16(12-15(14)2)27(24,25)19(18-7-5-11-26-18)13-22-20(23)17-6-3-4-10-21-17/h3-12,19H,13H2,1-2H3,(H,22,23)/t19-/m0/s1. The van der Waals surface area contributed by atoms with Crippen LogP contribution >= 0.6 is 11.3 Å². The van der Waals surface area contributed by atoms with Crippen molar-refractivity contribution in [3.63, 3.8) is 0 Å². The predicted molar refractivity (Wildman–Crippen MR) is 107 cm³/mol. The highest BCUT2D eigenvalue weighted by Crippen LogP contribution is 2.32. The van der Waals surface area contributed by atoms with Crippen molar-refractivity contribution >= 4 is 27.1 Å². The van der Waals surface area contributed by atoms with E-state index < -0.39 is 21.0 Å². The Hall–Kier alpha value is -2.51. The SMILES string of the molecule is Cc1ccc(S(=O)(=O)[C@@H](CNC(=O)c2ccccn2)c2cccs2)cc1C. The summed E-state index contributed by atoms with van der Waals surface area (Å²) in [7, 11) is -3.67. The molecule has 0 unspecified atom stereocenters. The summed E-state index contributed by atoms with van der Waals surface area (Å²) in [6, 6.07) is 13.7. The van der Waals surface area contributed by atoms with Crippen LogP contribution in [0.5, 0.6) is 0 Å². The lowest BCUT2D eigenvalue weighted by atomic mass is 10.1. The number of sulfone groups is 1. The summed E-state index contributed by atoms with van der Waals surface area (Å²) in [6.07, 6.45) is 1.53. The van der Waals surface area contributed by atoms with Crippen LogP contribution in [0.25, 0.3) is 0 Å². The molecule has 2 heterocycles. The highest BCUT2D eigenvalue weighted by molar-refractivity contribution is 7.91. The molecule has 2 aromatic heterocycles. The lowest BCUT2D eigenvalue weighted by Crippen LogP contribution is -2.32. The Morgan fingerprint density at radius 2 is 1.93 bits per heavy atom. The topological polar surface area (TPSA) is 76.1 Å². The van der Waals surface area contributed by atoms with E-state index in [-0.39, 0.29) is 17.1 Å². The number of nitrogens with one attached hydrogen (secondary N) is 1. The van der Waals surface area contributed by atoms with Crippen LogP contribution in [0.3, 0.4) is 0 Å². The van der Waals surface area contributed by atoms with E-state index in [1.165, 1.54) is 17.5 Å². The summed E-state index contributed by atoms with van der Waals surface area (Å²) >= 11 is 1.36. The van der Waals surface area contributed by atoms with Gasteiger partial charge in [0.25, 0.3) is 5.91 Å². The zero-order chi connectivity index (χ0) is 19.4. The maximum atomic E-state index is 13.3. The van der Waals surface area contributed by atoms with Crippen LogP contribution in [0, 0.1) is 13.8 Å². The van der Waals surface area contributed by atoms with Gasteiger partial charge in [-0.3, -0.25) is 9.78 Å². The smallest absolute Gasteiger partial charge is 0.269 e. The second-order valence-electron chi connectivity index (χ2n) is 6.22. The molecular formula is C20H20N2O3S2. The summed E-state index contributed by atoms with van der Waals surface area (Å²) in [5.74, 6) is -0.396. The number of carbonyl (C=O) groups is 1. The van der Waals surface area contributed by atoms with Gasteiger partial charge in [0.2, 0.25) is 0 Å². The fraction of sp³-hybridized carbons (Fsp3) is 0.200. The molecule has 0 radical (unpaired) electrons. The summed E-state index contributed by atoms with van der Waals surface area (Å²) in [4.78, 5) is 17.3. The molecule has 27 heavy (non-hydrogen) atoms. The van der Waals surface area contributed by atoms with Crippen LogP contribution in [-0.2, 0) is 9.84 Å². The lowest BCUT2D eigenvalue weighted by molar-refractivity contribution is 0.0949. The number of nitrogens with zero attached hydrogens (tertiary/aromatic N) is 1. The second kappa shape index (κ2) is 8.02. The fourth-order valence-electron chi connectivity index (χ4n) is 2.67. The molecule has 7 heteroatoms. The van der Waals surface area contributed by atoms with Gasteiger partial charge < -0.3 is 5.32 Å². The van der Waals surface area contributed by atoms with Crippen LogP contribution in [0.15, 0.2) is 65.0 Å². The van der Waals surface area contributed by atoms with Crippen LogP contribution < -0.4 is 5.32 Å². The predicted octanol–water partition coefficient (Wildman–Crippen LogP) is 3.70. The molecule has 0 aliphatic carbocycles. The third-order valence-electron chi connectivity index (χ3n) is 4.39. The number of rotatable bonds is 6. The van der Waals surface area contributed by atoms with Gasteiger partial charge in [0.1, 0.15) is 10.9 Å². The normalized spacial score (nSPS) is 12.5. The number of carbonyl (C=O) groups excluding carboxylic acids is 1. The van der Waals surface area contributed by atoms with E-state index in [4.69, 9.17) is 0 Å². The van der Waals surface area contributed by atoms with Crippen LogP contribution in [-0.4, -0.2) is 25.9 Å². The van der Waals surface area contributed by atoms with E-state index in [1.807, 2.05) is 25.3 Å². The third-order valence-corrected chi connectivity index (χ3v) is 7.60. The molecule has 0 aliphatic rings. The Labute approximate surface area is 163 Å². The Balaban J connectivity index is 1.90. The first-order valence-corrected chi connectivity index (χ1v) is 10.9. The maximum absolute atomic E-state index is 13.3. The molecule has 1 aromatic carbocycles. The van der Waals surface area contributed by atoms with Gasteiger partial charge >= 0.3 is 0 Å². The number of hydrogen-bond donors (Lipinski definition) is 1. The van der Waals surface area contributed by atoms with Gasteiger partial charge in [-0.15, -0.1) is 11.3 Å². The first-order valence-electron chi connectivity index (χ1n) is 8.43. The van der Waals surface area contributed by atoms with Gasteiger partial charge in [0, 0.05) is 17.6 Å². The molecule has 140 valence electrons. The first kappa shape index (κ1) is 19.3. The maximum Gasteiger partial charge on any atom is 0.269 e. The average Bonchev–Trinajstić information content (AvgIpc) is 3.18. The fourth-order valence-corrected chi connectivity index (χ4v) is 5.53. The summed E-state index contributed by atoms with van der Waals surface area (Å²) < 4.78 is 26.6. The summed E-state index contributed by atoms with van der Waals surface area (Å²) in [5, 5.41) is 3.69. The number of pyridine rings is 1. The van der Waals surface area contributed by atoms with Crippen LogP contribution in [0.1, 0.15) is 31.7 Å². The molecule has 1 N–H and O–H groups in total. The number of aromatic nitrogens is 1. The number of thiophene rings is 1. The quantitative estimate of drug-likeness (QED) is 0.684. The van der Waals surface area contributed by atoms with Gasteiger partial charge in [-0.1, -0.05) is 18.2 Å². The van der Waals surface area contributed by atoms with Crippen molar-refractivity contribution < 1.29 is 13.2 Å². The molecule has 1 atom stereocenters. The number of hydrogen-bond acceptors (Lipinski definition) is 5. The first-order chi connectivity index (χ1) is 12.9. The zero-order valence-corrected chi connectivity index (χ0v) is 16.7. The van der Waals surface area contributed by atoms with E-state index in [0.717, 1.165) is 11.1 Å². The summed E-state index contributed by atoms with van der Waals surface area (Å²) in [5.41, 5.74) is 2.20. The monoisotopic (exact) mass is 400 g/mol. The zero-order valence-electron chi connectivity index (χ0n) is 15.0. The molecule has 0 aliphatic heterocycles. The summed E-state index contributed by atoms with van der Waals surface area (Å²) in [6.45, 7) is 3.80. The van der Waals surface area contributed by atoms with Crippen molar-refractivity contribution in [1.29, 1.82) is 0 Å². The Morgan fingerprint density at radius 3 is 2.56 bits per heavy atom. The van der Waals surface area contributed by atoms with Crippen molar-refractivity contribution in [2.24, 2.45) is 0 Å². The number of amides is 1. The van der Waals surface area contributed by atoms with Crippen molar-refractivity contribution in [3.05, 3.63) is 81.8 Å². The highest BCUT2D eigenvalue weighted by atomic mass is 32.2. The van der Waals surface area contributed by atoms with E-state index in [0.29, 0.717) is 4.88 Å². The molecule has 0 saturated carbocycles. The molecule has 5 nitrogen and oxygen atoms in total. The van der Waals surface area contributed by atoms with Crippen molar-refractivity contribution in [1.82, 2.24) is 10.3 Å². The molecule has 3 rings (SSSR count). The minimum absolute atomic E-state index is 0.0226.